The van der Waals surface area contributed by atoms with E-state index in [1.165, 1.54) is 0 Å². The predicted molar refractivity (Wildman–Crippen MR) is 263 cm³/mol. The fourth-order valence-electron chi connectivity index (χ4n) is 10.2. The van der Waals surface area contributed by atoms with Crippen molar-refractivity contribution in [3.05, 3.63) is 192 Å². The van der Waals surface area contributed by atoms with Crippen LogP contribution in [0.4, 0.5) is 11.4 Å². The average Bonchev–Trinajstić information content (AvgIpc) is 3.99. The number of benzene rings is 6. The molecule has 10 rings (SSSR count). The fraction of sp³-hybridized carbons (Fsp3) is 0.250. The molecule has 2 amide bonds. The van der Waals surface area contributed by atoms with E-state index in [4.69, 9.17) is 0 Å². The minimum absolute atomic E-state index is 0.0839. The van der Waals surface area contributed by atoms with Gasteiger partial charge in [-0.05, 0) is 137 Å². The van der Waals surface area contributed by atoms with E-state index in [0.717, 1.165) is 77.9 Å². The summed E-state index contributed by atoms with van der Waals surface area (Å²) in [5.41, 5.74) is 10.2. The Morgan fingerprint density at radius 1 is 0.438 bits per heavy atom. The van der Waals surface area contributed by atoms with Crippen LogP contribution >= 0.6 is 0 Å². The normalized spacial score (nSPS) is 14.9. The van der Waals surface area contributed by atoms with Crippen molar-refractivity contribution in [2.45, 2.75) is 91.6 Å². The fourth-order valence-corrected chi connectivity index (χ4v) is 10.2. The monoisotopic (exact) mass is 846 g/mol. The topological polar surface area (TPSA) is 74.5 Å². The number of nitrogens with zero attached hydrogens (tertiary/aromatic N) is 4. The first kappa shape index (κ1) is 42.3. The van der Waals surface area contributed by atoms with Gasteiger partial charge in [0.15, 0.2) is 0 Å². The third kappa shape index (κ3) is 7.40. The molecule has 0 bridgehead atoms. The number of para-hydroxylation sites is 4. The molecular weight excluding hydrogens is 789 g/mol. The molecule has 0 unspecified atom stereocenters. The molecule has 2 aliphatic heterocycles. The zero-order valence-electron chi connectivity index (χ0n) is 38.1. The SMILES string of the molecule is CC(C)N(C(=O)c1c([C@@H]2Nc3ccccc3-n3cccc32)ccc2ccccc12)C(C)C.CC(C)N(C(=O)c1c([C@@H]2Nc3ccccc3-n3cccc32)ccc2ccccc12)C(C)C. The van der Waals surface area contributed by atoms with Crippen molar-refractivity contribution in [2.24, 2.45) is 0 Å². The quantitative estimate of drug-likeness (QED) is 0.160. The lowest BCUT2D eigenvalue weighted by Crippen LogP contribution is -2.42. The van der Waals surface area contributed by atoms with E-state index in [-0.39, 0.29) is 48.1 Å². The van der Waals surface area contributed by atoms with E-state index in [9.17, 15) is 9.59 Å². The molecule has 0 saturated heterocycles. The predicted octanol–water partition coefficient (Wildman–Crippen LogP) is 12.8. The third-order valence-electron chi connectivity index (χ3n) is 12.7. The van der Waals surface area contributed by atoms with Crippen LogP contribution in [0.3, 0.4) is 0 Å². The number of aromatic nitrogens is 2. The molecule has 6 aromatic carbocycles. The van der Waals surface area contributed by atoms with Gasteiger partial charge in [-0.2, -0.15) is 0 Å². The van der Waals surface area contributed by atoms with Gasteiger partial charge in [-0.1, -0.05) is 97.1 Å². The van der Waals surface area contributed by atoms with E-state index >= 15 is 0 Å². The number of rotatable bonds is 8. The van der Waals surface area contributed by atoms with Crippen LogP contribution in [0, 0.1) is 0 Å². The van der Waals surface area contributed by atoms with Gasteiger partial charge < -0.3 is 29.6 Å². The first-order valence-electron chi connectivity index (χ1n) is 22.7. The van der Waals surface area contributed by atoms with Gasteiger partial charge in [-0.15, -0.1) is 0 Å². The Labute approximate surface area is 377 Å². The lowest BCUT2D eigenvalue weighted by atomic mass is 9.90. The summed E-state index contributed by atoms with van der Waals surface area (Å²) < 4.78 is 4.45. The number of carbonyl (C=O) groups is 2. The molecule has 2 aliphatic rings. The maximum Gasteiger partial charge on any atom is 0.255 e. The maximum absolute atomic E-state index is 14.1. The van der Waals surface area contributed by atoms with Gasteiger partial charge in [-0.3, -0.25) is 9.59 Å². The van der Waals surface area contributed by atoms with E-state index in [0.29, 0.717) is 0 Å². The van der Waals surface area contributed by atoms with Crippen LogP contribution in [0.1, 0.15) is 111 Å². The second-order valence-electron chi connectivity index (χ2n) is 18.1. The van der Waals surface area contributed by atoms with Crippen LogP contribution in [-0.2, 0) is 0 Å². The molecule has 0 spiro atoms. The molecular formula is C56H58N6O2. The number of hydrogen-bond donors (Lipinski definition) is 2. The van der Waals surface area contributed by atoms with Crippen LogP contribution in [0.25, 0.3) is 32.9 Å². The Bertz CT molecular complexity index is 2790. The highest BCUT2D eigenvalue weighted by Gasteiger charge is 2.34. The van der Waals surface area contributed by atoms with Crippen LogP contribution < -0.4 is 10.6 Å². The van der Waals surface area contributed by atoms with Crippen molar-refractivity contribution in [3.63, 3.8) is 0 Å². The maximum atomic E-state index is 14.1. The number of anilines is 2. The van der Waals surface area contributed by atoms with Gasteiger partial charge in [0.05, 0.1) is 46.0 Å². The van der Waals surface area contributed by atoms with Crippen molar-refractivity contribution in [2.75, 3.05) is 10.6 Å². The summed E-state index contributed by atoms with van der Waals surface area (Å²) in [7, 11) is 0. The van der Waals surface area contributed by atoms with Crippen molar-refractivity contribution in [1.82, 2.24) is 18.9 Å². The van der Waals surface area contributed by atoms with Gasteiger partial charge >= 0.3 is 0 Å². The summed E-state index contributed by atoms with van der Waals surface area (Å²) in [5, 5.41) is 11.6. The first-order chi connectivity index (χ1) is 30.9. The van der Waals surface area contributed by atoms with Crippen molar-refractivity contribution in [3.8, 4) is 11.4 Å². The van der Waals surface area contributed by atoms with Crippen molar-refractivity contribution in [1.29, 1.82) is 0 Å². The zero-order valence-corrected chi connectivity index (χ0v) is 38.1. The van der Waals surface area contributed by atoms with Crippen molar-refractivity contribution >= 4 is 44.7 Å². The Hall–Kier alpha value is -7.06. The van der Waals surface area contributed by atoms with Crippen LogP contribution in [-0.4, -0.2) is 54.9 Å². The van der Waals surface area contributed by atoms with Gasteiger partial charge in [0.25, 0.3) is 11.8 Å². The molecule has 0 aliphatic carbocycles. The summed E-state index contributed by atoms with van der Waals surface area (Å²) in [5.74, 6) is 0.168. The highest BCUT2D eigenvalue weighted by Crippen LogP contribution is 2.42. The number of fused-ring (bicyclic) bond motifs is 8. The molecule has 8 aromatic rings. The summed E-state index contributed by atoms with van der Waals surface area (Å²) in [6.45, 7) is 16.7. The molecule has 2 aromatic heterocycles. The van der Waals surface area contributed by atoms with Crippen molar-refractivity contribution < 1.29 is 9.59 Å². The third-order valence-corrected chi connectivity index (χ3v) is 12.7. The Morgan fingerprint density at radius 3 is 1.19 bits per heavy atom. The van der Waals surface area contributed by atoms with E-state index in [1.807, 2.05) is 46.2 Å². The second kappa shape index (κ2) is 17.2. The molecule has 8 nitrogen and oxygen atoms in total. The van der Waals surface area contributed by atoms with Gasteiger partial charge in [0, 0.05) is 47.9 Å². The number of carbonyl (C=O) groups excluding carboxylic acids is 2. The highest BCUT2D eigenvalue weighted by atomic mass is 16.2. The minimum atomic E-state index is -0.121. The standard InChI is InChI=1S/2C28H29N3O/c2*1-18(2)31(19(3)4)28(32)26-21-11-6-5-10-20(21)15-16-22(26)27-25-14-9-17-30(25)24-13-8-7-12-23(24)29-27/h2*5-19,27,29H,1-4H3/t2*27-/m00/s1. The Morgan fingerprint density at radius 2 is 0.797 bits per heavy atom. The summed E-state index contributed by atoms with van der Waals surface area (Å²) in [6, 6.07) is 50.2. The zero-order chi connectivity index (χ0) is 44.8. The summed E-state index contributed by atoms with van der Waals surface area (Å²) in [6.07, 6.45) is 4.19. The van der Waals surface area contributed by atoms with E-state index < -0.39 is 0 Å². The summed E-state index contributed by atoms with van der Waals surface area (Å²) >= 11 is 0. The van der Waals surface area contributed by atoms with Gasteiger partial charge in [0.1, 0.15) is 0 Å². The van der Waals surface area contributed by atoms with Crippen LogP contribution in [0.2, 0.25) is 0 Å². The first-order valence-corrected chi connectivity index (χ1v) is 22.7. The number of amides is 2. The minimum Gasteiger partial charge on any atom is -0.371 e. The molecule has 8 heteroatoms. The van der Waals surface area contributed by atoms with Gasteiger partial charge in [0.2, 0.25) is 0 Å². The highest BCUT2D eigenvalue weighted by molar-refractivity contribution is 6.10. The molecule has 2 atom stereocenters. The molecule has 0 fully saturated rings. The average molecular weight is 847 g/mol. The molecule has 0 radical (unpaired) electrons. The molecule has 0 saturated carbocycles. The molecule has 324 valence electrons. The molecule has 64 heavy (non-hydrogen) atoms. The lowest BCUT2D eigenvalue weighted by molar-refractivity contribution is 0.0635. The largest absolute Gasteiger partial charge is 0.371 e. The molecule has 4 heterocycles. The number of nitrogens with one attached hydrogen (secondary N) is 2. The summed E-state index contributed by atoms with van der Waals surface area (Å²) in [4.78, 5) is 32.2. The Kier molecular flexibility index (Phi) is 11.4. The Balaban J connectivity index is 0.000000162. The molecule has 2 N–H and O–H groups in total. The lowest BCUT2D eigenvalue weighted by Gasteiger charge is -2.34. The number of hydrogen-bond acceptors (Lipinski definition) is 4. The van der Waals surface area contributed by atoms with E-state index in [1.54, 1.807) is 0 Å². The van der Waals surface area contributed by atoms with Crippen LogP contribution in [0.5, 0.6) is 0 Å². The van der Waals surface area contributed by atoms with Crippen LogP contribution in [0.15, 0.2) is 158 Å². The van der Waals surface area contributed by atoms with Gasteiger partial charge in [-0.25, -0.2) is 0 Å². The smallest absolute Gasteiger partial charge is 0.255 e. The second-order valence-corrected chi connectivity index (χ2v) is 18.1. The van der Waals surface area contributed by atoms with E-state index in [2.05, 4.69) is 197 Å².